The van der Waals surface area contributed by atoms with E-state index in [1.54, 1.807) is 12.4 Å². The Bertz CT molecular complexity index is 793. The Labute approximate surface area is 120 Å². The minimum Gasteiger partial charge on any atom is -0.367 e. The predicted molar refractivity (Wildman–Crippen MR) is 77.5 cm³/mol. The number of hydrogen-bond acceptors (Lipinski definition) is 4. The van der Waals surface area contributed by atoms with Gasteiger partial charge in [-0.1, -0.05) is 18.2 Å². The van der Waals surface area contributed by atoms with Crippen LogP contribution in [-0.2, 0) is 5.41 Å². The van der Waals surface area contributed by atoms with Crippen molar-refractivity contribution < 1.29 is 4.39 Å². The minimum absolute atomic E-state index is 0.122. The van der Waals surface area contributed by atoms with Crippen molar-refractivity contribution in [3.63, 3.8) is 0 Å². The normalized spacial score (nSPS) is 16.0. The van der Waals surface area contributed by atoms with Gasteiger partial charge in [-0.25, -0.2) is 19.3 Å². The molecule has 6 heteroatoms. The van der Waals surface area contributed by atoms with Gasteiger partial charge in [0.1, 0.15) is 17.7 Å². The number of anilines is 1. The smallest absolute Gasteiger partial charge is 0.182 e. The monoisotopic (exact) mass is 283 g/mol. The molecule has 0 spiro atoms. The van der Waals surface area contributed by atoms with Crippen molar-refractivity contribution in [2.45, 2.75) is 18.3 Å². The lowest BCUT2D eigenvalue weighted by Gasteiger charge is -2.17. The van der Waals surface area contributed by atoms with Crippen LogP contribution in [0.5, 0.6) is 0 Å². The average Bonchev–Trinajstić information content (AvgIpc) is 3.13. The first-order chi connectivity index (χ1) is 10.3. The van der Waals surface area contributed by atoms with Gasteiger partial charge in [0.25, 0.3) is 0 Å². The molecular weight excluding hydrogens is 269 g/mol. The summed E-state index contributed by atoms with van der Waals surface area (Å²) in [5.41, 5.74) is 2.07. The number of fused-ring (bicyclic) bond motifs is 1. The zero-order valence-corrected chi connectivity index (χ0v) is 11.3. The van der Waals surface area contributed by atoms with Crippen molar-refractivity contribution >= 4 is 17.0 Å². The fourth-order valence-corrected chi connectivity index (χ4v) is 2.74. The topological polar surface area (TPSA) is 66.5 Å². The van der Waals surface area contributed by atoms with E-state index in [1.807, 2.05) is 12.1 Å². The van der Waals surface area contributed by atoms with E-state index in [2.05, 4.69) is 25.3 Å². The number of hydrogen-bond donors (Lipinski definition) is 2. The van der Waals surface area contributed by atoms with Gasteiger partial charge in [-0.2, -0.15) is 0 Å². The molecule has 0 aliphatic heterocycles. The lowest BCUT2D eigenvalue weighted by molar-refractivity contribution is 0.578. The Morgan fingerprint density at radius 1 is 1.19 bits per heavy atom. The standard InChI is InChI=1S/C15H14FN5/c16-11-4-2-1-3-10(11)15(5-6-15)7-17-13-12-14(19-8-18-12)21-9-20-13/h1-4,8-9H,5-7H2,(H2,17,18,19,20,21). The molecule has 1 saturated carbocycles. The van der Waals surface area contributed by atoms with Crippen LogP contribution in [0.2, 0.25) is 0 Å². The maximum absolute atomic E-state index is 14.0. The quantitative estimate of drug-likeness (QED) is 0.772. The number of nitrogens with zero attached hydrogens (tertiary/aromatic N) is 3. The van der Waals surface area contributed by atoms with Crippen LogP contribution in [0.4, 0.5) is 10.2 Å². The molecule has 0 bridgehead atoms. The molecule has 1 aliphatic carbocycles. The van der Waals surface area contributed by atoms with E-state index in [4.69, 9.17) is 0 Å². The molecular formula is C15H14FN5. The molecule has 2 aromatic heterocycles. The zero-order valence-electron chi connectivity index (χ0n) is 11.3. The number of benzene rings is 1. The highest BCUT2D eigenvalue weighted by molar-refractivity contribution is 5.81. The second-order valence-electron chi connectivity index (χ2n) is 5.44. The lowest BCUT2D eigenvalue weighted by atomic mass is 9.95. The molecule has 0 saturated heterocycles. The van der Waals surface area contributed by atoms with Gasteiger partial charge in [0.05, 0.1) is 6.33 Å². The van der Waals surface area contributed by atoms with E-state index in [0.717, 1.165) is 23.9 Å². The van der Waals surface area contributed by atoms with E-state index in [0.29, 0.717) is 18.0 Å². The van der Waals surface area contributed by atoms with Gasteiger partial charge >= 0.3 is 0 Å². The highest BCUT2D eigenvalue weighted by atomic mass is 19.1. The molecule has 1 aliphatic rings. The third-order valence-corrected chi connectivity index (χ3v) is 4.12. The van der Waals surface area contributed by atoms with Crippen molar-refractivity contribution in [1.29, 1.82) is 0 Å². The van der Waals surface area contributed by atoms with Gasteiger partial charge in [0.15, 0.2) is 11.5 Å². The Kier molecular flexibility index (Phi) is 2.63. The molecule has 2 N–H and O–H groups in total. The maximum Gasteiger partial charge on any atom is 0.182 e. The number of halogens is 1. The second-order valence-corrected chi connectivity index (χ2v) is 5.44. The SMILES string of the molecule is Fc1ccccc1C1(CNc2ncnc3nc[nH]c23)CC1. The van der Waals surface area contributed by atoms with Crippen molar-refractivity contribution in [2.75, 3.05) is 11.9 Å². The molecule has 3 aromatic rings. The van der Waals surface area contributed by atoms with Crippen LogP contribution < -0.4 is 5.32 Å². The van der Waals surface area contributed by atoms with Gasteiger partial charge < -0.3 is 10.3 Å². The van der Waals surface area contributed by atoms with Crippen LogP contribution in [0.15, 0.2) is 36.9 Å². The van der Waals surface area contributed by atoms with E-state index in [1.165, 1.54) is 12.4 Å². The number of aromatic amines is 1. The molecule has 0 amide bonds. The van der Waals surface area contributed by atoms with Gasteiger partial charge in [-0.05, 0) is 24.5 Å². The summed E-state index contributed by atoms with van der Waals surface area (Å²) in [5, 5.41) is 3.31. The van der Waals surface area contributed by atoms with Crippen LogP contribution in [0.25, 0.3) is 11.2 Å². The van der Waals surface area contributed by atoms with Gasteiger partial charge in [0, 0.05) is 12.0 Å². The Morgan fingerprint density at radius 2 is 2.05 bits per heavy atom. The number of nitrogens with one attached hydrogen (secondary N) is 2. The highest BCUT2D eigenvalue weighted by Gasteiger charge is 2.45. The van der Waals surface area contributed by atoms with Gasteiger partial charge in [-0.15, -0.1) is 0 Å². The summed E-state index contributed by atoms with van der Waals surface area (Å²) in [6, 6.07) is 7.00. The summed E-state index contributed by atoms with van der Waals surface area (Å²) in [6.07, 6.45) is 5.04. The number of aromatic nitrogens is 4. The molecule has 1 fully saturated rings. The summed E-state index contributed by atoms with van der Waals surface area (Å²) in [7, 11) is 0. The Hall–Kier alpha value is -2.50. The lowest BCUT2D eigenvalue weighted by Crippen LogP contribution is -2.21. The van der Waals surface area contributed by atoms with Crippen LogP contribution in [0, 0.1) is 5.82 Å². The third-order valence-electron chi connectivity index (χ3n) is 4.12. The molecule has 0 atom stereocenters. The maximum atomic E-state index is 14.0. The zero-order chi connectivity index (χ0) is 14.3. The molecule has 5 nitrogen and oxygen atoms in total. The number of imidazole rings is 1. The van der Waals surface area contributed by atoms with E-state index < -0.39 is 0 Å². The van der Waals surface area contributed by atoms with Crippen LogP contribution in [0.1, 0.15) is 18.4 Å². The fourth-order valence-electron chi connectivity index (χ4n) is 2.74. The van der Waals surface area contributed by atoms with Crippen molar-refractivity contribution in [3.8, 4) is 0 Å². The largest absolute Gasteiger partial charge is 0.367 e. The summed E-state index contributed by atoms with van der Waals surface area (Å²) in [5.74, 6) is 0.575. The van der Waals surface area contributed by atoms with Gasteiger partial charge in [-0.3, -0.25) is 0 Å². The number of rotatable bonds is 4. The molecule has 2 heterocycles. The fraction of sp³-hybridized carbons (Fsp3) is 0.267. The van der Waals surface area contributed by atoms with E-state index in [9.17, 15) is 4.39 Å². The summed E-state index contributed by atoms with van der Waals surface area (Å²) in [4.78, 5) is 15.4. The van der Waals surface area contributed by atoms with Gasteiger partial charge in [0.2, 0.25) is 0 Å². The first kappa shape index (κ1) is 12.3. The Balaban J connectivity index is 1.60. The van der Waals surface area contributed by atoms with Crippen LogP contribution >= 0.6 is 0 Å². The van der Waals surface area contributed by atoms with E-state index >= 15 is 0 Å². The molecule has 21 heavy (non-hydrogen) atoms. The van der Waals surface area contributed by atoms with E-state index in [-0.39, 0.29) is 11.2 Å². The predicted octanol–water partition coefficient (Wildman–Crippen LogP) is 2.64. The molecule has 0 unspecified atom stereocenters. The van der Waals surface area contributed by atoms with Crippen LogP contribution in [0.3, 0.4) is 0 Å². The van der Waals surface area contributed by atoms with Crippen molar-refractivity contribution in [2.24, 2.45) is 0 Å². The minimum atomic E-state index is -0.133. The highest BCUT2D eigenvalue weighted by Crippen LogP contribution is 2.49. The summed E-state index contributed by atoms with van der Waals surface area (Å²) < 4.78 is 14.0. The van der Waals surface area contributed by atoms with Crippen molar-refractivity contribution in [3.05, 3.63) is 48.3 Å². The first-order valence-electron chi connectivity index (χ1n) is 6.91. The van der Waals surface area contributed by atoms with Crippen LogP contribution in [-0.4, -0.2) is 26.5 Å². The second kappa shape index (κ2) is 4.51. The molecule has 1 aromatic carbocycles. The molecule has 4 rings (SSSR count). The average molecular weight is 283 g/mol. The molecule has 106 valence electrons. The summed E-state index contributed by atoms with van der Waals surface area (Å²) in [6.45, 7) is 0.652. The van der Waals surface area contributed by atoms with Crippen molar-refractivity contribution in [1.82, 2.24) is 19.9 Å². The first-order valence-corrected chi connectivity index (χ1v) is 6.91. The summed E-state index contributed by atoms with van der Waals surface area (Å²) >= 11 is 0. The third kappa shape index (κ3) is 2.03. The number of H-pyrrole nitrogens is 1. The Morgan fingerprint density at radius 3 is 2.86 bits per heavy atom. The molecule has 0 radical (unpaired) electrons.